The second-order valence-corrected chi connectivity index (χ2v) is 6.78. The second-order valence-electron chi connectivity index (χ2n) is 6.78. The van der Waals surface area contributed by atoms with Crippen molar-refractivity contribution in [3.63, 3.8) is 0 Å². The zero-order chi connectivity index (χ0) is 16.1. The second kappa shape index (κ2) is 7.24. The zero-order valence-corrected chi connectivity index (χ0v) is 14.5. The summed E-state index contributed by atoms with van der Waals surface area (Å²) in [7, 11) is 3.67. The first-order valence-corrected chi connectivity index (χ1v) is 8.88. The average Bonchev–Trinajstić information content (AvgIpc) is 3.28. The van der Waals surface area contributed by atoms with Gasteiger partial charge in [-0.05, 0) is 31.7 Å². The number of nitrogens with one attached hydrogen (secondary N) is 1. The molecule has 1 aliphatic carbocycles. The molecule has 0 amide bonds. The molecule has 0 unspecified atom stereocenters. The molecular formula is C19H29N3O. The normalized spacial score (nSPS) is 20.8. The van der Waals surface area contributed by atoms with E-state index in [2.05, 4.69) is 39.5 Å². The van der Waals surface area contributed by atoms with Gasteiger partial charge in [-0.25, -0.2) is 0 Å². The van der Waals surface area contributed by atoms with Crippen LogP contribution < -0.4 is 10.1 Å². The molecule has 126 valence electrons. The molecule has 1 saturated heterocycles. The summed E-state index contributed by atoms with van der Waals surface area (Å²) >= 11 is 0. The smallest absolute Gasteiger partial charge is 0.193 e. The Morgan fingerprint density at radius 3 is 2.52 bits per heavy atom. The van der Waals surface area contributed by atoms with Crippen LogP contribution in [0.1, 0.15) is 44.1 Å². The Kier molecular flexibility index (Phi) is 5.09. The van der Waals surface area contributed by atoms with E-state index in [0.29, 0.717) is 0 Å². The van der Waals surface area contributed by atoms with Crippen molar-refractivity contribution < 1.29 is 4.74 Å². The number of nitrogens with zero attached hydrogens (tertiary/aromatic N) is 2. The Morgan fingerprint density at radius 1 is 1.17 bits per heavy atom. The number of methoxy groups -OCH3 is 1. The lowest BCUT2D eigenvalue weighted by atomic mass is 9.78. The first-order valence-electron chi connectivity index (χ1n) is 8.88. The Balaban J connectivity index is 1.78. The molecule has 0 spiro atoms. The van der Waals surface area contributed by atoms with E-state index in [1.54, 1.807) is 7.11 Å². The molecule has 1 heterocycles. The van der Waals surface area contributed by atoms with Gasteiger partial charge in [0.15, 0.2) is 5.96 Å². The van der Waals surface area contributed by atoms with E-state index in [9.17, 15) is 0 Å². The van der Waals surface area contributed by atoms with Gasteiger partial charge in [0, 0.05) is 37.7 Å². The van der Waals surface area contributed by atoms with E-state index < -0.39 is 0 Å². The van der Waals surface area contributed by atoms with Crippen LogP contribution in [0.4, 0.5) is 0 Å². The molecule has 0 radical (unpaired) electrons. The van der Waals surface area contributed by atoms with Crippen molar-refractivity contribution in [1.29, 1.82) is 0 Å². The third-order valence-electron chi connectivity index (χ3n) is 5.44. The Bertz CT molecular complexity index is 543. The highest BCUT2D eigenvalue weighted by molar-refractivity contribution is 5.80. The van der Waals surface area contributed by atoms with Gasteiger partial charge in [-0.15, -0.1) is 0 Å². The monoisotopic (exact) mass is 315 g/mol. The lowest BCUT2D eigenvalue weighted by Crippen LogP contribution is -2.45. The molecule has 23 heavy (non-hydrogen) atoms. The van der Waals surface area contributed by atoms with Crippen LogP contribution in [0.25, 0.3) is 0 Å². The number of likely N-dealkylation sites (tertiary alicyclic amines) is 1. The molecule has 0 aromatic heterocycles. The van der Waals surface area contributed by atoms with Gasteiger partial charge in [-0.3, -0.25) is 4.99 Å². The van der Waals surface area contributed by atoms with Crippen molar-refractivity contribution in [3.8, 4) is 5.75 Å². The fraction of sp³-hybridized carbons (Fsp3) is 0.632. The molecule has 1 aliphatic heterocycles. The summed E-state index contributed by atoms with van der Waals surface area (Å²) in [6, 6.07) is 8.52. The largest absolute Gasteiger partial charge is 0.496 e. The summed E-state index contributed by atoms with van der Waals surface area (Å²) in [5.41, 5.74) is 1.52. The topological polar surface area (TPSA) is 36.9 Å². The molecule has 3 rings (SSSR count). The third-order valence-corrected chi connectivity index (χ3v) is 5.44. The minimum Gasteiger partial charge on any atom is -0.496 e. The van der Waals surface area contributed by atoms with Crippen molar-refractivity contribution in [2.45, 2.75) is 43.9 Å². The Labute approximate surface area is 139 Å². The van der Waals surface area contributed by atoms with E-state index >= 15 is 0 Å². The summed E-state index contributed by atoms with van der Waals surface area (Å²) in [6.45, 7) is 3.19. The number of guanidine groups is 1. The summed E-state index contributed by atoms with van der Waals surface area (Å²) in [5, 5.41) is 3.66. The van der Waals surface area contributed by atoms with Crippen LogP contribution in [0, 0.1) is 0 Å². The molecule has 1 saturated carbocycles. The highest BCUT2D eigenvalue weighted by Gasteiger charge is 2.38. The van der Waals surface area contributed by atoms with E-state index in [1.807, 2.05) is 7.05 Å². The highest BCUT2D eigenvalue weighted by atomic mass is 16.5. The molecule has 1 aromatic carbocycles. The first kappa shape index (κ1) is 16.2. The molecule has 0 atom stereocenters. The number of aliphatic imine (C=N–C) groups is 1. The molecule has 2 aliphatic rings. The Hall–Kier alpha value is -1.71. The maximum atomic E-state index is 5.65. The third kappa shape index (κ3) is 3.31. The first-order chi connectivity index (χ1) is 11.3. The van der Waals surface area contributed by atoms with Crippen LogP contribution in [0.3, 0.4) is 0 Å². The van der Waals surface area contributed by atoms with Crippen molar-refractivity contribution in [1.82, 2.24) is 10.2 Å². The van der Waals surface area contributed by atoms with Crippen LogP contribution in [0.2, 0.25) is 0 Å². The highest BCUT2D eigenvalue weighted by Crippen LogP contribution is 2.44. The predicted octanol–water partition coefficient (Wildman–Crippen LogP) is 3.18. The average molecular weight is 315 g/mol. The van der Waals surface area contributed by atoms with Crippen LogP contribution in [-0.4, -0.2) is 44.7 Å². The lowest BCUT2D eigenvalue weighted by molar-refractivity contribution is 0.367. The molecular weight excluding hydrogens is 286 g/mol. The van der Waals surface area contributed by atoms with Gasteiger partial charge < -0.3 is 15.0 Å². The minimum absolute atomic E-state index is 0.169. The number of ether oxygens (including phenoxy) is 1. The zero-order valence-electron chi connectivity index (χ0n) is 14.5. The SMILES string of the molecule is CN=C(NCC1(c2ccccc2OC)CCCC1)N1CCCC1. The molecule has 2 fully saturated rings. The molecule has 1 aromatic rings. The Morgan fingerprint density at radius 2 is 1.87 bits per heavy atom. The van der Waals surface area contributed by atoms with Gasteiger partial charge in [-0.1, -0.05) is 31.0 Å². The molecule has 1 N–H and O–H groups in total. The van der Waals surface area contributed by atoms with Crippen LogP contribution in [0.15, 0.2) is 29.3 Å². The van der Waals surface area contributed by atoms with Gasteiger partial charge in [0.1, 0.15) is 5.75 Å². The summed E-state index contributed by atoms with van der Waals surface area (Å²) in [4.78, 5) is 6.88. The lowest BCUT2D eigenvalue weighted by Gasteiger charge is -2.33. The fourth-order valence-electron chi connectivity index (χ4n) is 4.19. The fourth-order valence-corrected chi connectivity index (χ4v) is 4.19. The molecule has 4 heteroatoms. The van der Waals surface area contributed by atoms with Gasteiger partial charge in [0.25, 0.3) is 0 Å². The van der Waals surface area contributed by atoms with Gasteiger partial charge >= 0.3 is 0 Å². The standard InChI is InChI=1S/C19H29N3O/c1-20-18(22-13-7-8-14-22)21-15-19(11-5-6-12-19)16-9-3-4-10-17(16)23-2/h3-4,9-10H,5-8,11-15H2,1-2H3,(H,20,21). The van der Waals surface area contributed by atoms with Crippen LogP contribution >= 0.6 is 0 Å². The maximum absolute atomic E-state index is 5.65. The van der Waals surface area contributed by atoms with Crippen molar-refractivity contribution in [3.05, 3.63) is 29.8 Å². The molecule has 0 bridgehead atoms. The van der Waals surface area contributed by atoms with Crippen molar-refractivity contribution in [2.75, 3.05) is 33.8 Å². The summed E-state index contributed by atoms with van der Waals surface area (Å²) in [6.07, 6.45) is 7.58. The van der Waals surface area contributed by atoms with E-state index in [0.717, 1.165) is 31.3 Å². The van der Waals surface area contributed by atoms with Crippen molar-refractivity contribution >= 4 is 5.96 Å². The number of benzene rings is 1. The van der Waals surface area contributed by atoms with Gasteiger partial charge in [0.05, 0.1) is 7.11 Å². The predicted molar refractivity (Wildman–Crippen MR) is 95.3 cm³/mol. The summed E-state index contributed by atoms with van der Waals surface area (Å²) < 4.78 is 5.65. The van der Waals surface area contributed by atoms with Crippen LogP contribution in [0.5, 0.6) is 5.75 Å². The van der Waals surface area contributed by atoms with Crippen LogP contribution in [-0.2, 0) is 5.41 Å². The minimum atomic E-state index is 0.169. The number of hydrogen-bond acceptors (Lipinski definition) is 2. The number of hydrogen-bond donors (Lipinski definition) is 1. The maximum Gasteiger partial charge on any atom is 0.193 e. The quantitative estimate of drug-likeness (QED) is 0.685. The van der Waals surface area contributed by atoms with Gasteiger partial charge in [-0.2, -0.15) is 0 Å². The van der Waals surface area contributed by atoms with E-state index in [4.69, 9.17) is 4.74 Å². The summed E-state index contributed by atoms with van der Waals surface area (Å²) in [5.74, 6) is 2.08. The van der Waals surface area contributed by atoms with E-state index in [-0.39, 0.29) is 5.41 Å². The van der Waals surface area contributed by atoms with Crippen molar-refractivity contribution in [2.24, 2.45) is 4.99 Å². The number of para-hydroxylation sites is 1. The molecule has 4 nitrogen and oxygen atoms in total. The van der Waals surface area contributed by atoms with E-state index in [1.165, 1.54) is 44.1 Å². The number of rotatable bonds is 4. The van der Waals surface area contributed by atoms with Gasteiger partial charge in [0.2, 0.25) is 0 Å².